The molecule has 0 amide bonds. The van der Waals surface area contributed by atoms with Crippen LogP contribution in [-0.2, 0) is 6.42 Å². The minimum absolute atomic E-state index is 0. The summed E-state index contributed by atoms with van der Waals surface area (Å²) < 4.78 is 5.12. The summed E-state index contributed by atoms with van der Waals surface area (Å²) in [6, 6.07) is 17.7. The number of nitrogens with zero attached hydrogens (tertiary/aromatic N) is 1. The summed E-state index contributed by atoms with van der Waals surface area (Å²) in [5.74, 6) is 1.30. The molecule has 0 aromatic heterocycles. The maximum absolute atomic E-state index is 5.83. The van der Waals surface area contributed by atoms with E-state index < -0.39 is 0 Å². The third-order valence-electron chi connectivity index (χ3n) is 2.89. The molecule has 0 radical (unpaired) electrons. The summed E-state index contributed by atoms with van der Waals surface area (Å²) in [5, 5.41) is 3.05. The molecule has 0 heterocycles. The van der Waals surface area contributed by atoms with Crippen LogP contribution in [-0.4, -0.2) is 19.6 Å². The number of rotatable bonds is 5. The fourth-order valence-electron chi connectivity index (χ4n) is 1.81. The van der Waals surface area contributed by atoms with Gasteiger partial charge in [-0.05, 0) is 36.2 Å². The molecule has 112 valence electrons. The van der Waals surface area contributed by atoms with Crippen molar-refractivity contribution in [2.45, 2.75) is 6.42 Å². The monoisotopic (exact) mass is 397 g/mol. The molecule has 0 spiro atoms. The number of benzene rings is 2. The number of nitrogens with one attached hydrogen (secondary N) is 1. The van der Waals surface area contributed by atoms with Crippen LogP contribution in [0.4, 0.5) is 5.69 Å². The van der Waals surface area contributed by atoms with E-state index in [-0.39, 0.29) is 24.0 Å². The lowest BCUT2D eigenvalue weighted by Crippen LogP contribution is -2.22. The molecule has 0 unspecified atom stereocenters. The Labute approximate surface area is 142 Å². The van der Waals surface area contributed by atoms with Crippen LogP contribution >= 0.6 is 24.0 Å². The van der Waals surface area contributed by atoms with E-state index in [9.17, 15) is 0 Å². The van der Waals surface area contributed by atoms with Crippen LogP contribution in [0, 0.1) is 0 Å². The fraction of sp³-hybridized carbons (Fsp3) is 0.188. The zero-order chi connectivity index (χ0) is 14.2. The van der Waals surface area contributed by atoms with Crippen LogP contribution < -0.4 is 15.8 Å². The summed E-state index contributed by atoms with van der Waals surface area (Å²) >= 11 is 0. The summed E-state index contributed by atoms with van der Waals surface area (Å²) in [6.45, 7) is 0.651. The number of hydrogen-bond donors (Lipinski definition) is 2. The predicted molar refractivity (Wildman–Crippen MR) is 98.7 cm³/mol. The average molecular weight is 397 g/mol. The summed E-state index contributed by atoms with van der Waals surface area (Å²) in [7, 11) is 1.66. The van der Waals surface area contributed by atoms with Gasteiger partial charge in [0.1, 0.15) is 5.75 Å². The second kappa shape index (κ2) is 9.23. The quantitative estimate of drug-likeness (QED) is 0.463. The van der Waals surface area contributed by atoms with Crippen molar-refractivity contribution in [3.63, 3.8) is 0 Å². The van der Waals surface area contributed by atoms with Gasteiger partial charge in [-0.25, -0.2) is 0 Å². The molecule has 2 rings (SSSR count). The average Bonchev–Trinajstić information content (AvgIpc) is 2.49. The first-order chi connectivity index (χ1) is 9.78. The van der Waals surface area contributed by atoms with Crippen molar-refractivity contribution < 1.29 is 4.74 Å². The molecule has 2 aromatic carbocycles. The maximum Gasteiger partial charge on any atom is 0.193 e. The van der Waals surface area contributed by atoms with E-state index in [4.69, 9.17) is 10.5 Å². The van der Waals surface area contributed by atoms with Crippen molar-refractivity contribution in [2.75, 3.05) is 19.0 Å². The molecule has 0 atom stereocenters. The molecular formula is C16H20IN3O. The Morgan fingerprint density at radius 3 is 2.38 bits per heavy atom. The van der Waals surface area contributed by atoms with Gasteiger partial charge < -0.3 is 15.8 Å². The molecule has 4 nitrogen and oxygen atoms in total. The van der Waals surface area contributed by atoms with Crippen molar-refractivity contribution in [3.8, 4) is 5.75 Å². The molecule has 2 aromatic rings. The summed E-state index contributed by atoms with van der Waals surface area (Å²) in [5.41, 5.74) is 7.99. The van der Waals surface area contributed by atoms with Crippen LogP contribution in [0.5, 0.6) is 5.75 Å². The molecule has 0 saturated carbocycles. The third kappa shape index (κ3) is 6.03. The van der Waals surface area contributed by atoms with Crippen LogP contribution in [0.2, 0.25) is 0 Å². The molecule has 0 bridgehead atoms. The summed E-state index contributed by atoms with van der Waals surface area (Å²) in [6.07, 6.45) is 0.848. The van der Waals surface area contributed by atoms with Crippen LogP contribution in [0.25, 0.3) is 0 Å². The van der Waals surface area contributed by atoms with E-state index in [0.717, 1.165) is 17.9 Å². The number of para-hydroxylation sites is 1. The zero-order valence-electron chi connectivity index (χ0n) is 12.0. The number of ether oxygens (including phenoxy) is 1. The molecule has 0 aliphatic rings. The Kier molecular flexibility index (Phi) is 7.60. The number of anilines is 1. The van der Waals surface area contributed by atoms with E-state index in [0.29, 0.717) is 12.5 Å². The Morgan fingerprint density at radius 2 is 1.76 bits per heavy atom. The van der Waals surface area contributed by atoms with Gasteiger partial charge in [0.15, 0.2) is 5.96 Å². The van der Waals surface area contributed by atoms with Crippen LogP contribution in [0.1, 0.15) is 5.56 Å². The molecular weight excluding hydrogens is 377 g/mol. The molecule has 0 aliphatic heterocycles. The Morgan fingerprint density at radius 1 is 1.10 bits per heavy atom. The van der Waals surface area contributed by atoms with Gasteiger partial charge in [-0.15, -0.1) is 24.0 Å². The van der Waals surface area contributed by atoms with E-state index >= 15 is 0 Å². The van der Waals surface area contributed by atoms with E-state index in [2.05, 4.69) is 10.3 Å². The summed E-state index contributed by atoms with van der Waals surface area (Å²) in [4.78, 5) is 4.31. The standard InChI is InChI=1S/C16H19N3O.HI/c1-20-15-9-7-13(8-10-15)11-12-18-16(17)19-14-5-3-2-4-6-14;/h2-10H,11-12H2,1H3,(H3,17,18,19);1H. The van der Waals surface area contributed by atoms with E-state index in [1.54, 1.807) is 7.11 Å². The minimum Gasteiger partial charge on any atom is -0.497 e. The second-order valence-corrected chi connectivity index (χ2v) is 4.36. The third-order valence-corrected chi connectivity index (χ3v) is 2.89. The molecule has 0 aliphatic carbocycles. The Balaban J connectivity index is 0.00000220. The highest BCUT2D eigenvalue weighted by molar-refractivity contribution is 14.0. The lowest BCUT2D eigenvalue weighted by molar-refractivity contribution is 0.414. The molecule has 0 saturated heterocycles. The van der Waals surface area contributed by atoms with Gasteiger partial charge >= 0.3 is 0 Å². The van der Waals surface area contributed by atoms with Crippen molar-refractivity contribution in [2.24, 2.45) is 10.7 Å². The van der Waals surface area contributed by atoms with Gasteiger partial charge in [0, 0.05) is 12.2 Å². The Hall–Kier alpha value is -1.76. The second-order valence-electron chi connectivity index (χ2n) is 4.36. The lowest BCUT2D eigenvalue weighted by atomic mass is 10.1. The lowest BCUT2D eigenvalue weighted by Gasteiger charge is -2.05. The molecule has 21 heavy (non-hydrogen) atoms. The normalized spacial score (nSPS) is 10.6. The highest BCUT2D eigenvalue weighted by Crippen LogP contribution is 2.11. The zero-order valence-corrected chi connectivity index (χ0v) is 14.3. The smallest absolute Gasteiger partial charge is 0.193 e. The van der Waals surface area contributed by atoms with Crippen molar-refractivity contribution in [1.29, 1.82) is 0 Å². The highest BCUT2D eigenvalue weighted by atomic mass is 127. The number of hydrogen-bond acceptors (Lipinski definition) is 2. The first-order valence-corrected chi connectivity index (χ1v) is 6.53. The first-order valence-electron chi connectivity index (χ1n) is 6.53. The number of nitrogens with two attached hydrogens (primary N) is 1. The van der Waals surface area contributed by atoms with Crippen molar-refractivity contribution >= 4 is 35.6 Å². The van der Waals surface area contributed by atoms with Crippen molar-refractivity contribution in [1.82, 2.24) is 0 Å². The van der Waals surface area contributed by atoms with Gasteiger partial charge in [-0.2, -0.15) is 0 Å². The number of aliphatic imine (C=N–C) groups is 1. The number of methoxy groups -OCH3 is 1. The fourth-order valence-corrected chi connectivity index (χ4v) is 1.81. The number of guanidine groups is 1. The Bertz CT molecular complexity index is 555. The number of halogens is 1. The minimum atomic E-state index is 0. The first kappa shape index (κ1) is 17.3. The van der Waals surface area contributed by atoms with E-state index in [1.807, 2.05) is 54.6 Å². The molecule has 5 heteroatoms. The predicted octanol–water partition coefficient (Wildman–Crippen LogP) is 3.28. The highest BCUT2D eigenvalue weighted by Gasteiger charge is 1.96. The SMILES string of the molecule is COc1ccc(CCN=C(N)Nc2ccccc2)cc1.I. The van der Waals surface area contributed by atoms with Gasteiger partial charge in [0.25, 0.3) is 0 Å². The topological polar surface area (TPSA) is 59.6 Å². The van der Waals surface area contributed by atoms with Gasteiger partial charge in [-0.1, -0.05) is 30.3 Å². The van der Waals surface area contributed by atoms with Gasteiger partial charge in [-0.3, -0.25) is 4.99 Å². The molecule has 0 fully saturated rings. The van der Waals surface area contributed by atoms with Crippen molar-refractivity contribution in [3.05, 3.63) is 60.2 Å². The van der Waals surface area contributed by atoms with Gasteiger partial charge in [0.05, 0.1) is 7.11 Å². The maximum atomic E-state index is 5.83. The van der Waals surface area contributed by atoms with E-state index in [1.165, 1.54) is 5.56 Å². The van der Waals surface area contributed by atoms with Gasteiger partial charge in [0.2, 0.25) is 0 Å². The van der Waals surface area contributed by atoms with Crippen LogP contribution in [0.15, 0.2) is 59.6 Å². The molecule has 3 N–H and O–H groups in total. The largest absolute Gasteiger partial charge is 0.497 e. The van der Waals surface area contributed by atoms with Crippen LogP contribution in [0.3, 0.4) is 0 Å².